The molecule has 1 aromatic carbocycles. The van der Waals surface area contributed by atoms with Gasteiger partial charge < -0.3 is 10.1 Å². The highest BCUT2D eigenvalue weighted by Crippen LogP contribution is 2.26. The second-order valence-electron chi connectivity index (χ2n) is 6.99. The van der Waals surface area contributed by atoms with Crippen molar-refractivity contribution in [2.24, 2.45) is 7.05 Å². The maximum absolute atomic E-state index is 12.9. The number of aromatic nitrogens is 3. The Kier molecular flexibility index (Phi) is 4.20. The zero-order valence-electron chi connectivity index (χ0n) is 15.1. The Morgan fingerprint density at radius 2 is 1.88 bits per heavy atom. The lowest BCUT2D eigenvalue weighted by atomic mass is 9.90. The van der Waals surface area contributed by atoms with Gasteiger partial charge in [0.05, 0.1) is 24.3 Å². The molecule has 3 aromatic rings. The lowest BCUT2D eigenvalue weighted by molar-refractivity contribution is 0.102. The topological polar surface area (TPSA) is 69.0 Å². The third kappa shape index (κ3) is 3.33. The van der Waals surface area contributed by atoms with Crippen molar-refractivity contribution in [3.8, 4) is 5.75 Å². The summed E-state index contributed by atoms with van der Waals surface area (Å²) in [5.74, 6) is 0.558. The van der Waals surface area contributed by atoms with Crippen LogP contribution >= 0.6 is 0 Å². The molecule has 2 heterocycles. The summed E-state index contributed by atoms with van der Waals surface area (Å²) >= 11 is 0. The van der Waals surface area contributed by atoms with E-state index in [2.05, 4.69) is 36.2 Å². The van der Waals surface area contributed by atoms with Crippen LogP contribution < -0.4 is 10.1 Å². The van der Waals surface area contributed by atoms with Crippen molar-refractivity contribution >= 4 is 22.6 Å². The van der Waals surface area contributed by atoms with Gasteiger partial charge in [-0.25, -0.2) is 4.98 Å². The van der Waals surface area contributed by atoms with Crippen molar-refractivity contribution in [3.63, 3.8) is 0 Å². The van der Waals surface area contributed by atoms with E-state index in [0.29, 0.717) is 16.9 Å². The minimum atomic E-state index is -0.184. The maximum atomic E-state index is 12.9. The van der Waals surface area contributed by atoms with E-state index in [9.17, 15) is 4.79 Å². The van der Waals surface area contributed by atoms with E-state index < -0.39 is 0 Å². The number of nitrogens with one attached hydrogen (secondary N) is 1. The normalized spacial score (nSPS) is 11.6. The van der Waals surface area contributed by atoms with Crippen LogP contribution in [0, 0.1) is 0 Å². The second-order valence-corrected chi connectivity index (χ2v) is 6.99. The van der Waals surface area contributed by atoms with Crippen molar-refractivity contribution in [2.45, 2.75) is 26.2 Å². The minimum Gasteiger partial charge on any atom is -0.497 e. The Balaban J connectivity index is 2.02. The predicted octanol–water partition coefficient (Wildman–Crippen LogP) is 3.53. The highest BCUT2D eigenvalue weighted by atomic mass is 16.5. The highest BCUT2D eigenvalue weighted by Gasteiger charge is 2.22. The number of anilines is 1. The van der Waals surface area contributed by atoms with Crippen molar-refractivity contribution in [2.75, 3.05) is 12.4 Å². The summed E-state index contributed by atoms with van der Waals surface area (Å²) in [7, 11) is 3.44. The SMILES string of the molecule is COc1ccc(NC(=O)c2cc(C(C)(C)C)nc3c2cnn3C)cc1. The lowest BCUT2D eigenvalue weighted by Crippen LogP contribution is -2.18. The molecule has 0 aliphatic rings. The molecular formula is C19H22N4O2. The molecule has 0 spiro atoms. The van der Waals surface area contributed by atoms with Gasteiger partial charge in [0.2, 0.25) is 0 Å². The molecule has 1 N–H and O–H groups in total. The van der Waals surface area contributed by atoms with Gasteiger partial charge in [0.1, 0.15) is 5.75 Å². The largest absolute Gasteiger partial charge is 0.497 e. The van der Waals surface area contributed by atoms with Crippen LogP contribution in [0.2, 0.25) is 0 Å². The number of aryl methyl sites for hydroxylation is 1. The molecule has 6 nitrogen and oxygen atoms in total. The van der Waals surface area contributed by atoms with Gasteiger partial charge in [-0.1, -0.05) is 20.8 Å². The molecule has 0 saturated heterocycles. The minimum absolute atomic E-state index is 0.173. The summed E-state index contributed by atoms with van der Waals surface area (Å²) in [5, 5.41) is 7.92. The van der Waals surface area contributed by atoms with Crippen molar-refractivity contribution < 1.29 is 9.53 Å². The molecule has 0 atom stereocenters. The van der Waals surface area contributed by atoms with Gasteiger partial charge in [-0.15, -0.1) is 0 Å². The van der Waals surface area contributed by atoms with E-state index >= 15 is 0 Å². The number of carbonyl (C=O) groups excluding carboxylic acids is 1. The Morgan fingerprint density at radius 3 is 2.48 bits per heavy atom. The number of carbonyl (C=O) groups is 1. The Labute approximate surface area is 146 Å². The summed E-state index contributed by atoms with van der Waals surface area (Å²) in [6, 6.07) is 9.08. The predicted molar refractivity (Wildman–Crippen MR) is 98.2 cm³/mol. The molecular weight excluding hydrogens is 316 g/mol. The first kappa shape index (κ1) is 17.0. The fourth-order valence-corrected chi connectivity index (χ4v) is 2.56. The summed E-state index contributed by atoms with van der Waals surface area (Å²) in [6.45, 7) is 6.22. The number of rotatable bonds is 3. The first-order valence-corrected chi connectivity index (χ1v) is 8.08. The molecule has 0 fully saturated rings. The Hall–Kier alpha value is -2.89. The van der Waals surface area contributed by atoms with Crippen LogP contribution in [-0.2, 0) is 12.5 Å². The first-order chi connectivity index (χ1) is 11.8. The average Bonchev–Trinajstić information content (AvgIpc) is 2.95. The van der Waals surface area contributed by atoms with Crippen LogP contribution in [0.5, 0.6) is 5.75 Å². The van der Waals surface area contributed by atoms with Crippen LogP contribution in [0.15, 0.2) is 36.5 Å². The molecule has 6 heteroatoms. The highest BCUT2D eigenvalue weighted by molar-refractivity contribution is 6.12. The molecule has 0 saturated carbocycles. The van der Waals surface area contributed by atoms with Gasteiger partial charge in [-0.3, -0.25) is 9.48 Å². The summed E-state index contributed by atoms with van der Waals surface area (Å²) < 4.78 is 6.83. The number of nitrogens with zero attached hydrogens (tertiary/aromatic N) is 3. The number of pyridine rings is 1. The Bertz CT molecular complexity index is 921. The molecule has 0 aliphatic heterocycles. The van der Waals surface area contributed by atoms with E-state index in [4.69, 9.17) is 4.74 Å². The number of hydrogen-bond donors (Lipinski definition) is 1. The van der Waals surface area contributed by atoms with Crippen LogP contribution in [0.4, 0.5) is 5.69 Å². The Morgan fingerprint density at radius 1 is 1.20 bits per heavy atom. The van der Waals surface area contributed by atoms with Gasteiger partial charge >= 0.3 is 0 Å². The number of hydrogen-bond acceptors (Lipinski definition) is 4. The summed E-state index contributed by atoms with van der Waals surface area (Å²) in [5.41, 5.74) is 2.65. The van der Waals surface area contributed by atoms with Crippen LogP contribution in [0.25, 0.3) is 11.0 Å². The molecule has 0 radical (unpaired) electrons. The third-order valence-corrected chi connectivity index (χ3v) is 4.07. The lowest BCUT2D eigenvalue weighted by Gasteiger charge is -2.19. The van der Waals surface area contributed by atoms with Gasteiger partial charge in [-0.05, 0) is 30.3 Å². The van der Waals surface area contributed by atoms with E-state index in [1.807, 2.05) is 37.4 Å². The molecule has 0 unspecified atom stereocenters. The average molecular weight is 338 g/mol. The van der Waals surface area contributed by atoms with Crippen molar-refractivity contribution in [1.29, 1.82) is 0 Å². The number of amides is 1. The van der Waals surface area contributed by atoms with Crippen molar-refractivity contribution in [1.82, 2.24) is 14.8 Å². The monoisotopic (exact) mass is 338 g/mol. The van der Waals surface area contributed by atoms with Crippen LogP contribution in [0.3, 0.4) is 0 Å². The fourth-order valence-electron chi connectivity index (χ4n) is 2.56. The van der Waals surface area contributed by atoms with Gasteiger partial charge in [0, 0.05) is 23.8 Å². The second kappa shape index (κ2) is 6.20. The van der Waals surface area contributed by atoms with Gasteiger partial charge in [-0.2, -0.15) is 5.10 Å². The third-order valence-electron chi connectivity index (χ3n) is 4.07. The zero-order valence-corrected chi connectivity index (χ0v) is 15.1. The van der Waals surface area contributed by atoms with Crippen molar-refractivity contribution in [3.05, 3.63) is 47.8 Å². The van der Waals surface area contributed by atoms with Gasteiger partial charge in [0.25, 0.3) is 5.91 Å². The van der Waals surface area contributed by atoms with E-state index in [1.54, 1.807) is 18.0 Å². The number of ether oxygens (including phenoxy) is 1. The number of fused-ring (bicyclic) bond motifs is 1. The maximum Gasteiger partial charge on any atom is 0.256 e. The number of benzene rings is 1. The first-order valence-electron chi connectivity index (χ1n) is 8.08. The molecule has 2 aromatic heterocycles. The molecule has 1 amide bonds. The molecule has 0 aliphatic carbocycles. The molecule has 130 valence electrons. The van der Waals surface area contributed by atoms with E-state index in [0.717, 1.165) is 16.8 Å². The quantitative estimate of drug-likeness (QED) is 0.793. The standard InChI is InChI=1S/C19H22N4O2/c1-19(2,3)16-10-14(15-11-20-23(4)17(15)22-16)18(24)21-12-6-8-13(25-5)9-7-12/h6-11H,1-5H3,(H,21,24). The van der Waals surface area contributed by atoms with Crippen LogP contribution in [0.1, 0.15) is 36.8 Å². The van der Waals surface area contributed by atoms with Gasteiger partial charge in [0.15, 0.2) is 5.65 Å². The molecule has 25 heavy (non-hydrogen) atoms. The zero-order chi connectivity index (χ0) is 18.2. The smallest absolute Gasteiger partial charge is 0.256 e. The molecule has 3 rings (SSSR count). The van der Waals surface area contributed by atoms with E-state index in [1.165, 1.54) is 0 Å². The summed E-state index contributed by atoms with van der Waals surface area (Å²) in [6.07, 6.45) is 1.68. The summed E-state index contributed by atoms with van der Waals surface area (Å²) in [4.78, 5) is 17.5. The molecule has 0 bridgehead atoms. The fraction of sp³-hybridized carbons (Fsp3) is 0.316. The van der Waals surface area contributed by atoms with Crippen LogP contribution in [-0.4, -0.2) is 27.8 Å². The number of methoxy groups -OCH3 is 1. The van der Waals surface area contributed by atoms with E-state index in [-0.39, 0.29) is 11.3 Å².